The second-order valence-electron chi connectivity index (χ2n) is 19.9. The number of nitrogens with zero attached hydrogens (tertiary/aromatic N) is 1. The quantitative estimate of drug-likeness (QED) is 0.262. The van der Waals surface area contributed by atoms with E-state index >= 15 is 0 Å². The van der Waals surface area contributed by atoms with Gasteiger partial charge in [0.15, 0.2) is 0 Å². The second kappa shape index (κ2) is 6.62. The normalized spacial score (nSPS) is 46.0. The molecule has 13 unspecified atom stereocenters. The summed E-state index contributed by atoms with van der Waals surface area (Å²) in [4.78, 5) is 2.89. The Morgan fingerprint density at radius 3 is 1.92 bits per heavy atom. The number of likely N-dealkylation sites (tertiary alicyclic amines) is 1. The molecule has 2 saturated carbocycles. The maximum Gasteiger partial charge on any atom is 0.118 e. The molecule has 0 amide bonds. The molecule has 1 heterocycles. The third-order valence-electron chi connectivity index (χ3n) is 19.7. The predicted octanol–water partition coefficient (Wildman–Crippen LogP) is 5.58. The Bertz CT molecular complexity index is 2940. The van der Waals surface area contributed by atoms with Gasteiger partial charge in [-0.05, 0) is 163 Å². The van der Waals surface area contributed by atoms with Crippen LogP contribution in [0, 0.1) is 47.3 Å². The van der Waals surface area contributed by atoms with Gasteiger partial charge in [0.25, 0.3) is 0 Å². The number of rotatable bonds is 2. The van der Waals surface area contributed by atoms with Gasteiger partial charge in [-0.15, -0.1) is 0 Å². The molecule has 2 spiro atoms. The average molecular weight is 656 g/mol. The van der Waals surface area contributed by atoms with E-state index in [0.29, 0.717) is 65.2 Å². The summed E-state index contributed by atoms with van der Waals surface area (Å²) in [5.74, 6) is 7.75. The number of benzene rings is 3. The first-order valence-corrected chi connectivity index (χ1v) is 20.6. The highest BCUT2D eigenvalue weighted by atomic mass is 16.5. The zero-order valence-corrected chi connectivity index (χ0v) is 29.1. The first-order chi connectivity index (χ1) is 25.2. The Labute approximate surface area is 296 Å². The van der Waals surface area contributed by atoms with Gasteiger partial charge in [0.2, 0.25) is 0 Å². The lowest BCUT2D eigenvalue weighted by atomic mass is 9.50. The molecule has 18 rings (SSSR count). The summed E-state index contributed by atoms with van der Waals surface area (Å²) in [6, 6.07) is 9.85. The van der Waals surface area contributed by atoms with Crippen molar-refractivity contribution in [1.29, 1.82) is 0 Å². The van der Waals surface area contributed by atoms with Crippen molar-refractivity contribution in [1.82, 2.24) is 4.90 Å². The van der Waals surface area contributed by atoms with Crippen LogP contribution in [0.2, 0.25) is 0 Å². The monoisotopic (exact) mass is 655 g/mol. The van der Waals surface area contributed by atoms with E-state index < -0.39 is 0 Å². The van der Waals surface area contributed by atoms with Crippen LogP contribution in [0.5, 0.6) is 5.75 Å². The van der Waals surface area contributed by atoms with Crippen molar-refractivity contribution >= 4 is 27.9 Å². The number of fused-ring (bicyclic) bond motifs is 5. The van der Waals surface area contributed by atoms with Crippen LogP contribution in [0.15, 0.2) is 54.1 Å². The van der Waals surface area contributed by atoms with Crippen molar-refractivity contribution < 1.29 is 4.74 Å². The van der Waals surface area contributed by atoms with Crippen LogP contribution in [0.3, 0.4) is 0 Å². The van der Waals surface area contributed by atoms with Crippen LogP contribution in [-0.4, -0.2) is 25.6 Å². The topological polar surface area (TPSA) is 12.5 Å². The fourth-order valence-electron chi connectivity index (χ4n) is 19.5. The minimum atomic E-state index is 0.102. The fraction of sp³-hybridized carbons (Fsp3) is 0.429. The molecule has 3 fully saturated rings. The number of likely N-dealkylation sites (N-methyl/N-ethyl adjacent to an activating group) is 1. The molecule has 0 N–H and O–H groups in total. The van der Waals surface area contributed by atoms with Crippen molar-refractivity contribution in [3.05, 3.63) is 114 Å². The highest BCUT2D eigenvalue weighted by Gasteiger charge is 2.81. The standard InChI is InChI=1S/C49H37NO/c1-50-16-48-27-15-28-26-14-12-24-22-10-8-20-19-7-9-21-23-11-13-25(27)35-33(23)38-31(21)29(19)37-30(20)32(22)39-34(24)36(26)46(44-42(39)40(37)41(38)43(44)45(35)48)49(28,48)47(50)17-3-5-18(51-2)6-4-17/h3-10,19-22,27-32,47H,11-16H2,1-2H3. The molecule has 13 atom stereocenters. The molecule has 3 aromatic rings. The van der Waals surface area contributed by atoms with Crippen LogP contribution < -0.4 is 25.6 Å². The largest absolute Gasteiger partial charge is 0.497 e. The Morgan fingerprint density at radius 1 is 0.647 bits per heavy atom. The molecule has 3 aromatic carbocycles. The summed E-state index contributed by atoms with van der Waals surface area (Å²) in [5.41, 5.74) is 28.0. The third kappa shape index (κ3) is 1.79. The Morgan fingerprint density at radius 2 is 1.25 bits per heavy atom. The van der Waals surface area contributed by atoms with Crippen LogP contribution in [0.4, 0.5) is 0 Å². The number of hydrogen-bond acceptors (Lipinski definition) is 2. The Kier molecular flexibility index (Phi) is 3.16. The summed E-state index contributed by atoms with van der Waals surface area (Å²) >= 11 is 0. The molecule has 15 aliphatic rings. The van der Waals surface area contributed by atoms with Gasteiger partial charge in [0.05, 0.1) is 7.11 Å². The Hall–Kier alpha value is -3.88. The third-order valence-corrected chi connectivity index (χ3v) is 19.7. The van der Waals surface area contributed by atoms with Gasteiger partial charge >= 0.3 is 0 Å². The molecule has 0 aromatic heterocycles. The molecule has 2 nitrogen and oxygen atoms in total. The number of allylic oxidation sites excluding steroid dienone is 5. The number of hydrogen-bond donors (Lipinski definition) is 0. The summed E-state index contributed by atoms with van der Waals surface area (Å²) in [6.07, 6.45) is 17.8. The van der Waals surface area contributed by atoms with Crippen LogP contribution in [-0.2, 0) is 10.8 Å². The molecular formula is C49H37NO. The lowest BCUT2D eigenvalue weighted by Gasteiger charge is -2.50. The van der Waals surface area contributed by atoms with Gasteiger partial charge in [-0.2, -0.15) is 0 Å². The Balaban J connectivity index is 1.15. The molecule has 0 bridgehead atoms. The zero-order valence-electron chi connectivity index (χ0n) is 29.1. The summed E-state index contributed by atoms with van der Waals surface area (Å²) in [6.45, 7) is 1.21. The molecule has 2 heteroatoms. The summed E-state index contributed by atoms with van der Waals surface area (Å²) in [5, 5.41) is 7.35. The van der Waals surface area contributed by atoms with Crippen molar-refractivity contribution in [2.75, 3.05) is 20.7 Å². The van der Waals surface area contributed by atoms with Crippen molar-refractivity contribution in [3.63, 3.8) is 0 Å². The first-order valence-electron chi connectivity index (χ1n) is 20.6. The molecule has 51 heavy (non-hydrogen) atoms. The van der Waals surface area contributed by atoms with E-state index in [4.69, 9.17) is 4.74 Å². The second-order valence-corrected chi connectivity index (χ2v) is 19.9. The smallest absolute Gasteiger partial charge is 0.118 e. The van der Waals surface area contributed by atoms with Gasteiger partial charge in [-0.25, -0.2) is 0 Å². The van der Waals surface area contributed by atoms with Gasteiger partial charge in [-0.1, -0.05) is 64.3 Å². The van der Waals surface area contributed by atoms with E-state index in [-0.39, 0.29) is 10.8 Å². The predicted molar refractivity (Wildman–Crippen MR) is 197 cm³/mol. The number of ether oxygens (including phenoxy) is 1. The van der Waals surface area contributed by atoms with Gasteiger partial charge in [0.1, 0.15) is 5.75 Å². The van der Waals surface area contributed by atoms with E-state index in [2.05, 4.69) is 60.5 Å². The molecule has 244 valence electrons. The molecule has 1 saturated heterocycles. The zero-order chi connectivity index (χ0) is 32.1. The van der Waals surface area contributed by atoms with E-state index in [0.717, 1.165) is 5.75 Å². The van der Waals surface area contributed by atoms with E-state index in [9.17, 15) is 0 Å². The summed E-state index contributed by atoms with van der Waals surface area (Å²) < 4.78 is 5.77. The molecule has 0 radical (unpaired) electrons. The van der Waals surface area contributed by atoms with Crippen LogP contribution >= 0.6 is 0 Å². The minimum Gasteiger partial charge on any atom is -0.497 e. The van der Waals surface area contributed by atoms with Crippen LogP contribution in [0.25, 0.3) is 39.0 Å². The molecule has 1 aliphatic heterocycles. The SMILES string of the molecule is COc1ccc(C2N(C)CC34c5c6c7c8c9c5=C5CCC=9C9C=CC%10C%11C=CC%12C%13=c%14c%15c(c-6c6c%14=C(CC%13)C(CC53)C624)C7=C(C%10C89)C%11C%15%12)cc1. The number of methoxy groups -OCH3 is 1. The maximum absolute atomic E-state index is 5.77. The lowest BCUT2D eigenvalue weighted by molar-refractivity contribution is 0.207. The minimum absolute atomic E-state index is 0.102. The van der Waals surface area contributed by atoms with E-state index in [1.165, 1.54) is 44.2 Å². The van der Waals surface area contributed by atoms with Crippen molar-refractivity contribution in [2.24, 2.45) is 47.3 Å². The highest BCUT2D eigenvalue weighted by Crippen LogP contribution is 2.83. The van der Waals surface area contributed by atoms with Crippen molar-refractivity contribution in [3.8, 4) is 16.9 Å². The van der Waals surface area contributed by atoms with Gasteiger partial charge in [0, 0.05) is 47.1 Å². The van der Waals surface area contributed by atoms with E-state index in [1.807, 2.05) is 106 Å². The van der Waals surface area contributed by atoms with Gasteiger partial charge < -0.3 is 4.74 Å². The lowest BCUT2D eigenvalue weighted by Crippen LogP contribution is -2.55. The van der Waals surface area contributed by atoms with Crippen LogP contribution in [0.1, 0.15) is 88.9 Å². The highest BCUT2D eigenvalue weighted by molar-refractivity contribution is 6.13. The summed E-state index contributed by atoms with van der Waals surface area (Å²) in [7, 11) is 4.35. The first kappa shape index (κ1) is 24.4. The average Bonchev–Trinajstić information content (AvgIpc) is 4.01. The molecule has 14 aliphatic carbocycles. The van der Waals surface area contributed by atoms with Gasteiger partial charge in [-0.3, -0.25) is 4.90 Å². The van der Waals surface area contributed by atoms with Crippen molar-refractivity contribution in [2.45, 2.75) is 60.8 Å². The fourth-order valence-corrected chi connectivity index (χ4v) is 19.5. The van der Waals surface area contributed by atoms with E-state index in [1.54, 1.807) is 0 Å². The molecular weight excluding hydrogens is 619 g/mol. The maximum atomic E-state index is 5.77.